The number of benzene rings is 2. The van der Waals surface area contributed by atoms with E-state index in [2.05, 4.69) is 5.32 Å². The lowest BCUT2D eigenvalue weighted by Gasteiger charge is -2.05. The van der Waals surface area contributed by atoms with Crippen molar-refractivity contribution in [2.75, 3.05) is 0 Å². The van der Waals surface area contributed by atoms with E-state index >= 15 is 0 Å². The van der Waals surface area contributed by atoms with E-state index in [0.29, 0.717) is 15.7 Å². The molecule has 116 valence electrons. The summed E-state index contributed by atoms with van der Waals surface area (Å²) in [5, 5.41) is 30.9. The molecule has 2 aromatic rings. The summed E-state index contributed by atoms with van der Waals surface area (Å²) < 4.78 is 0.427. The third-order valence-corrected chi connectivity index (χ3v) is 3.86. The maximum Gasteiger partial charge on any atom is 0.262 e. The van der Waals surface area contributed by atoms with E-state index in [0.717, 1.165) is 5.56 Å². The quantitative estimate of drug-likeness (QED) is 0.307. The summed E-state index contributed by atoms with van der Waals surface area (Å²) in [7, 11) is 0. The Morgan fingerprint density at radius 1 is 1.26 bits per heavy atom. The van der Waals surface area contributed by atoms with Crippen LogP contribution in [0.2, 0.25) is 0 Å². The first-order valence-electron chi connectivity index (χ1n) is 6.66. The summed E-state index contributed by atoms with van der Waals surface area (Å²) in [5.41, 5.74) is 1.30. The number of nitriles is 1. The van der Waals surface area contributed by atoms with Crippen molar-refractivity contribution in [3.63, 3.8) is 0 Å². The SMILES string of the molecule is N#C/C(=C/c1cc(O)c(O)c(I)c1)C(=O)NCc1ccccc1. The van der Waals surface area contributed by atoms with E-state index in [1.54, 1.807) is 6.07 Å². The fraction of sp³-hybridized carbons (Fsp3) is 0.0588. The molecular formula is C17H13IN2O3. The molecule has 6 heteroatoms. The molecule has 0 radical (unpaired) electrons. The van der Waals surface area contributed by atoms with Gasteiger partial charge in [-0.3, -0.25) is 4.79 Å². The zero-order valence-electron chi connectivity index (χ0n) is 12.0. The Morgan fingerprint density at radius 2 is 1.96 bits per heavy atom. The number of amides is 1. The van der Waals surface area contributed by atoms with E-state index in [1.165, 1.54) is 12.1 Å². The van der Waals surface area contributed by atoms with Gasteiger partial charge in [0.15, 0.2) is 11.5 Å². The summed E-state index contributed by atoms with van der Waals surface area (Å²) in [6.45, 7) is 0.317. The molecule has 0 saturated carbocycles. The van der Waals surface area contributed by atoms with E-state index in [1.807, 2.05) is 59.0 Å². The lowest BCUT2D eigenvalue weighted by Crippen LogP contribution is -2.23. The number of nitrogens with zero attached hydrogens (tertiary/aromatic N) is 1. The van der Waals surface area contributed by atoms with Crippen LogP contribution < -0.4 is 5.32 Å². The monoisotopic (exact) mass is 420 g/mol. The highest BCUT2D eigenvalue weighted by Gasteiger charge is 2.11. The predicted molar refractivity (Wildman–Crippen MR) is 94.4 cm³/mol. The number of hydrogen-bond acceptors (Lipinski definition) is 4. The molecule has 1 amide bonds. The van der Waals surface area contributed by atoms with Crippen molar-refractivity contribution in [2.45, 2.75) is 6.54 Å². The van der Waals surface area contributed by atoms with E-state index in [9.17, 15) is 15.0 Å². The molecule has 0 bridgehead atoms. The highest BCUT2D eigenvalue weighted by molar-refractivity contribution is 14.1. The number of phenolic OH excluding ortho intramolecular Hbond substituents is 2. The maximum absolute atomic E-state index is 12.1. The minimum Gasteiger partial charge on any atom is -0.504 e. The average molecular weight is 420 g/mol. The van der Waals surface area contributed by atoms with Gasteiger partial charge in [0, 0.05) is 6.54 Å². The van der Waals surface area contributed by atoms with Gasteiger partial charge in [0.2, 0.25) is 0 Å². The second-order valence-corrected chi connectivity index (χ2v) is 5.87. The standard InChI is InChI=1S/C17H13IN2O3/c18-14-7-12(8-15(21)16(14)22)6-13(9-19)17(23)20-10-11-4-2-1-3-5-11/h1-8,21-22H,10H2,(H,20,23)/b13-6-. The molecule has 0 heterocycles. The van der Waals surface area contributed by atoms with Gasteiger partial charge in [-0.1, -0.05) is 30.3 Å². The van der Waals surface area contributed by atoms with Crippen molar-refractivity contribution in [3.8, 4) is 17.6 Å². The van der Waals surface area contributed by atoms with Crippen molar-refractivity contribution in [2.24, 2.45) is 0 Å². The molecule has 5 nitrogen and oxygen atoms in total. The number of phenols is 2. The number of carbonyl (C=O) groups excluding carboxylic acids is 1. The lowest BCUT2D eigenvalue weighted by atomic mass is 10.1. The van der Waals surface area contributed by atoms with Crippen molar-refractivity contribution >= 4 is 34.6 Å². The van der Waals surface area contributed by atoms with Crippen molar-refractivity contribution < 1.29 is 15.0 Å². The topological polar surface area (TPSA) is 93.3 Å². The van der Waals surface area contributed by atoms with Crippen LogP contribution in [0.3, 0.4) is 0 Å². The molecule has 0 saturated heterocycles. The fourth-order valence-corrected chi connectivity index (χ4v) is 2.51. The van der Waals surface area contributed by atoms with Crippen LogP contribution in [-0.4, -0.2) is 16.1 Å². The third kappa shape index (κ3) is 4.47. The van der Waals surface area contributed by atoms with Gasteiger partial charge in [-0.2, -0.15) is 5.26 Å². The van der Waals surface area contributed by atoms with Crippen LogP contribution in [-0.2, 0) is 11.3 Å². The van der Waals surface area contributed by atoms with Gasteiger partial charge >= 0.3 is 0 Å². The van der Waals surface area contributed by atoms with Crippen LogP contribution >= 0.6 is 22.6 Å². The molecular weight excluding hydrogens is 407 g/mol. The molecule has 2 rings (SSSR count). The summed E-state index contributed by atoms with van der Waals surface area (Å²) in [6.07, 6.45) is 1.36. The molecule has 0 aliphatic heterocycles. The van der Waals surface area contributed by atoms with E-state index in [-0.39, 0.29) is 17.1 Å². The summed E-state index contributed by atoms with van der Waals surface area (Å²) in [6, 6.07) is 14.1. The van der Waals surface area contributed by atoms with Gasteiger partial charge in [-0.05, 0) is 51.9 Å². The van der Waals surface area contributed by atoms with Gasteiger partial charge in [0.25, 0.3) is 5.91 Å². The molecule has 0 aliphatic rings. The van der Waals surface area contributed by atoms with Crippen molar-refractivity contribution in [1.82, 2.24) is 5.32 Å². The Labute approximate surface area is 147 Å². The second-order valence-electron chi connectivity index (χ2n) is 4.71. The van der Waals surface area contributed by atoms with Gasteiger partial charge in [0.1, 0.15) is 11.6 Å². The maximum atomic E-state index is 12.1. The lowest BCUT2D eigenvalue weighted by molar-refractivity contribution is -0.117. The molecule has 3 N–H and O–H groups in total. The van der Waals surface area contributed by atoms with Crippen LogP contribution in [0.25, 0.3) is 6.08 Å². The molecule has 0 unspecified atom stereocenters. The number of aromatic hydroxyl groups is 2. The number of halogens is 1. The first-order chi connectivity index (χ1) is 11.0. The summed E-state index contributed by atoms with van der Waals surface area (Å²) in [4.78, 5) is 12.1. The normalized spacial score (nSPS) is 10.9. The number of carbonyl (C=O) groups is 1. The summed E-state index contributed by atoms with van der Waals surface area (Å²) in [5.74, 6) is -1.03. The first-order valence-corrected chi connectivity index (χ1v) is 7.74. The van der Waals surface area contributed by atoms with E-state index in [4.69, 9.17) is 5.26 Å². The molecule has 0 atom stereocenters. The Bertz CT molecular complexity index is 772. The van der Waals surface area contributed by atoms with Crippen LogP contribution in [0.4, 0.5) is 0 Å². The minimum atomic E-state index is -0.501. The smallest absolute Gasteiger partial charge is 0.262 e. The second kappa shape index (κ2) is 7.65. The Hall–Kier alpha value is -2.53. The average Bonchev–Trinajstić information content (AvgIpc) is 2.56. The third-order valence-electron chi connectivity index (χ3n) is 3.04. The highest BCUT2D eigenvalue weighted by atomic mass is 127. The van der Waals surface area contributed by atoms with Crippen LogP contribution in [0.5, 0.6) is 11.5 Å². The fourth-order valence-electron chi connectivity index (χ4n) is 1.88. The largest absolute Gasteiger partial charge is 0.504 e. The number of nitrogens with one attached hydrogen (secondary N) is 1. The minimum absolute atomic E-state index is 0.0816. The number of rotatable bonds is 4. The van der Waals surface area contributed by atoms with Crippen LogP contribution in [0.1, 0.15) is 11.1 Å². The molecule has 0 spiro atoms. The van der Waals surface area contributed by atoms with Gasteiger partial charge in [-0.25, -0.2) is 0 Å². The van der Waals surface area contributed by atoms with Crippen LogP contribution in [0.15, 0.2) is 48.0 Å². The first kappa shape index (κ1) is 16.8. The molecule has 2 aromatic carbocycles. The Kier molecular flexibility index (Phi) is 5.60. The zero-order chi connectivity index (χ0) is 16.8. The Balaban J connectivity index is 2.15. The van der Waals surface area contributed by atoms with Gasteiger partial charge in [-0.15, -0.1) is 0 Å². The molecule has 0 aromatic heterocycles. The molecule has 0 fully saturated rings. The van der Waals surface area contributed by atoms with Crippen molar-refractivity contribution in [1.29, 1.82) is 5.26 Å². The highest BCUT2D eigenvalue weighted by Crippen LogP contribution is 2.32. The summed E-state index contributed by atoms with van der Waals surface area (Å²) >= 11 is 1.85. The van der Waals surface area contributed by atoms with Gasteiger partial charge < -0.3 is 15.5 Å². The van der Waals surface area contributed by atoms with Crippen molar-refractivity contribution in [3.05, 3.63) is 62.7 Å². The zero-order valence-corrected chi connectivity index (χ0v) is 14.1. The van der Waals surface area contributed by atoms with Gasteiger partial charge in [0.05, 0.1) is 3.57 Å². The molecule has 0 aliphatic carbocycles. The number of hydrogen-bond donors (Lipinski definition) is 3. The van der Waals surface area contributed by atoms with E-state index < -0.39 is 5.91 Å². The predicted octanol–water partition coefficient (Wildman–Crippen LogP) is 2.93. The molecule has 23 heavy (non-hydrogen) atoms. The Morgan fingerprint density at radius 3 is 2.57 bits per heavy atom. The van der Waals surface area contributed by atoms with Crippen LogP contribution in [0, 0.1) is 14.9 Å².